The van der Waals surface area contributed by atoms with Crippen molar-refractivity contribution in [3.05, 3.63) is 0 Å². The van der Waals surface area contributed by atoms with Crippen molar-refractivity contribution in [2.45, 2.75) is 63.9 Å². The van der Waals surface area contributed by atoms with E-state index in [1.54, 1.807) is 0 Å². The summed E-state index contributed by atoms with van der Waals surface area (Å²) in [5, 5.41) is 3.19. The number of nitrogens with two attached hydrogens (primary N) is 1. The molecule has 1 heterocycles. The molecule has 2 rings (SSSR count). The molecule has 1 aliphatic heterocycles. The summed E-state index contributed by atoms with van der Waals surface area (Å²) in [7, 11) is 0. The predicted octanol–water partition coefficient (Wildman–Crippen LogP) is 2.43. The number of ether oxygens (including phenoxy) is 1. The Kier molecular flexibility index (Phi) is 6.48. The number of nitrogens with one attached hydrogen (secondary N) is 1. The van der Waals surface area contributed by atoms with Gasteiger partial charge in [-0.1, -0.05) is 32.1 Å². The van der Waals surface area contributed by atoms with E-state index in [1.165, 1.54) is 51.4 Å². The van der Waals surface area contributed by atoms with Gasteiger partial charge in [-0.15, -0.1) is 0 Å². The first-order chi connectivity index (χ1) is 9.34. The van der Waals surface area contributed by atoms with Gasteiger partial charge in [0.2, 0.25) is 0 Å². The van der Waals surface area contributed by atoms with Gasteiger partial charge in [0.1, 0.15) is 0 Å². The second-order valence-corrected chi connectivity index (χ2v) is 5.95. The molecule has 2 aliphatic rings. The summed E-state index contributed by atoms with van der Waals surface area (Å²) in [5.41, 5.74) is 5.92. The zero-order valence-corrected chi connectivity index (χ0v) is 12.1. The summed E-state index contributed by atoms with van der Waals surface area (Å²) in [5.74, 6) is 1.33. The zero-order chi connectivity index (χ0) is 13.3. The monoisotopic (exact) mass is 267 g/mol. The topological polar surface area (TPSA) is 59.6 Å². The fourth-order valence-electron chi connectivity index (χ4n) is 3.03. The molecule has 3 N–H and O–H groups in total. The lowest BCUT2D eigenvalue weighted by atomic mass is 9.91. The number of nitrogens with zero attached hydrogens (tertiary/aromatic N) is 1. The zero-order valence-electron chi connectivity index (χ0n) is 12.1. The Morgan fingerprint density at radius 3 is 2.47 bits per heavy atom. The quantitative estimate of drug-likeness (QED) is 0.607. The molecule has 0 bridgehead atoms. The summed E-state index contributed by atoms with van der Waals surface area (Å²) >= 11 is 0. The molecule has 1 aliphatic carbocycles. The van der Waals surface area contributed by atoms with E-state index in [0.717, 1.165) is 32.0 Å². The number of hydrogen-bond acceptors (Lipinski definition) is 2. The first-order valence-corrected chi connectivity index (χ1v) is 8.00. The van der Waals surface area contributed by atoms with E-state index >= 15 is 0 Å². The highest BCUT2D eigenvalue weighted by atomic mass is 16.5. The van der Waals surface area contributed by atoms with Gasteiger partial charge in [0.25, 0.3) is 0 Å². The summed E-state index contributed by atoms with van der Waals surface area (Å²) < 4.78 is 5.56. The Balaban J connectivity index is 1.64. The maximum atomic E-state index is 5.92. The maximum Gasteiger partial charge on any atom is 0.188 e. The van der Waals surface area contributed by atoms with Gasteiger partial charge >= 0.3 is 0 Å². The van der Waals surface area contributed by atoms with Crippen molar-refractivity contribution in [3.8, 4) is 0 Å². The van der Waals surface area contributed by atoms with Crippen molar-refractivity contribution in [2.24, 2.45) is 16.6 Å². The first-order valence-electron chi connectivity index (χ1n) is 8.00. The van der Waals surface area contributed by atoms with Gasteiger partial charge in [0, 0.05) is 19.7 Å². The van der Waals surface area contributed by atoms with Crippen LogP contribution in [0, 0.1) is 5.92 Å². The van der Waals surface area contributed by atoms with E-state index in [2.05, 4.69) is 10.3 Å². The van der Waals surface area contributed by atoms with Gasteiger partial charge in [-0.2, -0.15) is 0 Å². The van der Waals surface area contributed by atoms with Crippen molar-refractivity contribution in [3.63, 3.8) is 0 Å². The molecule has 0 radical (unpaired) electrons. The highest BCUT2D eigenvalue weighted by molar-refractivity contribution is 5.77. The van der Waals surface area contributed by atoms with Gasteiger partial charge in [-0.05, 0) is 31.6 Å². The molecule has 0 aromatic carbocycles. The van der Waals surface area contributed by atoms with Crippen LogP contribution in [0.2, 0.25) is 0 Å². The number of hydrogen-bond donors (Lipinski definition) is 2. The predicted molar refractivity (Wildman–Crippen MR) is 79.3 cm³/mol. The van der Waals surface area contributed by atoms with E-state index in [1.807, 2.05) is 0 Å². The normalized spacial score (nSPS) is 26.9. The molecule has 4 heteroatoms. The molecular formula is C15H29N3O. The van der Waals surface area contributed by atoms with Crippen LogP contribution in [-0.4, -0.2) is 31.8 Å². The van der Waals surface area contributed by atoms with Crippen LogP contribution in [-0.2, 0) is 4.74 Å². The Hall–Kier alpha value is -0.770. The van der Waals surface area contributed by atoms with Crippen LogP contribution in [0.25, 0.3) is 0 Å². The maximum absolute atomic E-state index is 5.92. The van der Waals surface area contributed by atoms with Crippen molar-refractivity contribution in [2.75, 3.05) is 19.7 Å². The Morgan fingerprint density at radius 1 is 1.05 bits per heavy atom. The standard InChI is InChI=1S/C15H29N3O/c16-15(18-12-14-9-6-10-19-14)17-11-13-7-4-2-1-3-5-8-13/h13-14H,1-12H2,(H3,16,17,18). The van der Waals surface area contributed by atoms with Crippen molar-refractivity contribution in [1.29, 1.82) is 0 Å². The van der Waals surface area contributed by atoms with E-state index in [0.29, 0.717) is 12.1 Å². The van der Waals surface area contributed by atoms with E-state index in [-0.39, 0.29) is 0 Å². The van der Waals surface area contributed by atoms with E-state index in [9.17, 15) is 0 Å². The molecule has 4 nitrogen and oxygen atoms in total. The summed E-state index contributed by atoms with van der Waals surface area (Å²) in [4.78, 5) is 4.51. The number of guanidine groups is 1. The lowest BCUT2D eigenvalue weighted by molar-refractivity contribution is 0.114. The SMILES string of the molecule is NC(=NCC1CCCCCCC1)NCC1CCCO1. The van der Waals surface area contributed by atoms with E-state index in [4.69, 9.17) is 10.5 Å². The molecule has 0 aromatic heterocycles. The molecule has 1 unspecified atom stereocenters. The number of rotatable bonds is 4. The molecule has 1 saturated heterocycles. The molecule has 0 amide bonds. The fourth-order valence-corrected chi connectivity index (χ4v) is 3.03. The van der Waals surface area contributed by atoms with Crippen LogP contribution < -0.4 is 11.1 Å². The second kappa shape index (κ2) is 8.41. The molecule has 0 spiro atoms. The minimum Gasteiger partial charge on any atom is -0.376 e. The van der Waals surface area contributed by atoms with Gasteiger partial charge < -0.3 is 15.8 Å². The Morgan fingerprint density at radius 2 is 1.79 bits per heavy atom. The minimum absolute atomic E-state index is 0.329. The second-order valence-electron chi connectivity index (χ2n) is 5.95. The van der Waals surface area contributed by atoms with Crippen molar-refractivity contribution < 1.29 is 4.74 Å². The average Bonchev–Trinajstić information content (AvgIpc) is 2.88. The molecule has 1 atom stereocenters. The lowest BCUT2D eigenvalue weighted by Crippen LogP contribution is -2.37. The molecule has 110 valence electrons. The van der Waals surface area contributed by atoms with Gasteiger partial charge in [-0.3, -0.25) is 4.99 Å². The molecule has 2 fully saturated rings. The fraction of sp³-hybridized carbons (Fsp3) is 0.933. The highest BCUT2D eigenvalue weighted by Crippen LogP contribution is 2.22. The van der Waals surface area contributed by atoms with Crippen LogP contribution in [0.5, 0.6) is 0 Å². The third-order valence-corrected chi connectivity index (χ3v) is 4.28. The van der Waals surface area contributed by atoms with E-state index < -0.39 is 0 Å². The Bertz CT molecular complexity index is 267. The van der Waals surface area contributed by atoms with Crippen molar-refractivity contribution >= 4 is 5.96 Å². The average molecular weight is 267 g/mol. The van der Waals surface area contributed by atoms with Crippen LogP contribution in [0.15, 0.2) is 4.99 Å². The number of aliphatic imine (C=N–C) groups is 1. The van der Waals surface area contributed by atoms with Gasteiger partial charge in [-0.25, -0.2) is 0 Å². The van der Waals surface area contributed by atoms with Crippen LogP contribution in [0.1, 0.15) is 57.8 Å². The summed E-state index contributed by atoms with van der Waals surface area (Å²) in [6.07, 6.45) is 12.2. The largest absolute Gasteiger partial charge is 0.376 e. The lowest BCUT2D eigenvalue weighted by Gasteiger charge is -2.18. The minimum atomic E-state index is 0.329. The van der Waals surface area contributed by atoms with Crippen LogP contribution in [0.3, 0.4) is 0 Å². The van der Waals surface area contributed by atoms with Crippen LogP contribution >= 0.6 is 0 Å². The highest BCUT2D eigenvalue weighted by Gasteiger charge is 2.15. The van der Waals surface area contributed by atoms with Crippen LogP contribution in [0.4, 0.5) is 0 Å². The smallest absolute Gasteiger partial charge is 0.188 e. The third kappa shape index (κ3) is 5.81. The third-order valence-electron chi connectivity index (χ3n) is 4.28. The van der Waals surface area contributed by atoms with Gasteiger partial charge in [0.15, 0.2) is 5.96 Å². The molecule has 19 heavy (non-hydrogen) atoms. The summed E-state index contributed by atoms with van der Waals surface area (Å²) in [6, 6.07) is 0. The van der Waals surface area contributed by atoms with Gasteiger partial charge in [0.05, 0.1) is 6.10 Å². The summed E-state index contributed by atoms with van der Waals surface area (Å²) in [6.45, 7) is 2.59. The first kappa shape index (κ1) is 14.6. The molecule has 1 saturated carbocycles. The Labute approximate surface area is 117 Å². The van der Waals surface area contributed by atoms with Crippen molar-refractivity contribution in [1.82, 2.24) is 5.32 Å². The molecular weight excluding hydrogens is 238 g/mol. The molecule has 0 aromatic rings.